The van der Waals surface area contributed by atoms with E-state index in [1.807, 2.05) is 36.4 Å². The largest absolute Gasteiger partial charge is 0.396 e. The van der Waals surface area contributed by atoms with E-state index in [1.165, 1.54) is 11.6 Å². The minimum absolute atomic E-state index is 0.133. The molecule has 8 heteroatoms. The molecule has 2 saturated heterocycles. The topological polar surface area (TPSA) is 67.8 Å². The molecular weight excluding hydrogens is 541 g/mol. The fourth-order valence-electron chi connectivity index (χ4n) is 6.33. The Balaban J connectivity index is 1.17. The van der Waals surface area contributed by atoms with Crippen molar-refractivity contribution in [3.63, 3.8) is 0 Å². The highest BCUT2D eigenvalue weighted by Crippen LogP contribution is 2.26. The quantitative estimate of drug-likeness (QED) is 0.297. The molecule has 0 spiro atoms. The summed E-state index contributed by atoms with van der Waals surface area (Å²) < 4.78 is 16.0. The van der Waals surface area contributed by atoms with Crippen molar-refractivity contribution in [2.75, 3.05) is 66.0 Å². The van der Waals surface area contributed by atoms with Gasteiger partial charge in [0.25, 0.3) is 5.91 Å². The van der Waals surface area contributed by atoms with E-state index in [2.05, 4.69) is 52.6 Å². The third-order valence-corrected chi connectivity index (χ3v) is 8.94. The first-order valence-electron chi connectivity index (χ1n) is 15.7. The monoisotopic (exact) mass is 588 g/mol. The first kappa shape index (κ1) is 31.3. The number of halogens is 1. The predicted octanol–water partition coefficient (Wildman–Crippen LogP) is 3.86. The smallest absolute Gasteiger partial charge is 0.251 e. The van der Waals surface area contributed by atoms with E-state index in [9.17, 15) is 14.3 Å². The van der Waals surface area contributed by atoms with Crippen LogP contribution in [0.1, 0.15) is 40.4 Å². The van der Waals surface area contributed by atoms with Gasteiger partial charge < -0.3 is 20.2 Å². The molecule has 3 aromatic rings. The van der Waals surface area contributed by atoms with Gasteiger partial charge in [0.15, 0.2) is 0 Å². The van der Waals surface area contributed by atoms with E-state index in [0.717, 1.165) is 93.0 Å². The highest BCUT2D eigenvalue weighted by Gasteiger charge is 2.28. The number of hydrogen-bond acceptors (Lipinski definition) is 5. The molecule has 1 amide bonds. The minimum atomic E-state index is -0.263. The molecule has 1 atom stereocenters. The molecule has 3 N–H and O–H groups in total. The van der Waals surface area contributed by atoms with Crippen LogP contribution in [0.3, 0.4) is 0 Å². The van der Waals surface area contributed by atoms with Gasteiger partial charge in [0.2, 0.25) is 0 Å². The van der Waals surface area contributed by atoms with E-state index in [-0.39, 0.29) is 18.3 Å². The Morgan fingerprint density at radius 1 is 0.977 bits per heavy atom. The lowest BCUT2D eigenvalue weighted by Gasteiger charge is -2.42. The summed E-state index contributed by atoms with van der Waals surface area (Å²) in [5.41, 5.74) is 5.19. The minimum Gasteiger partial charge on any atom is -0.396 e. The number of likely N-dealkylation sites (N-methyl/N-ethyl adjacent to an activating group) is 1. The number of piperazine rings is 2. The number of hydrogen-bond donors (Lipinski definition) is 3. The molecular formula is C35H47FN5O2+. The maximum Gasteiger partial charge on any atom is 0.251 e. The summed E-state index contributed by atoms with van der Waals surface area (Å²) >= 11 is 0. The molecule has 2 aliphatic heterocycles. The predicted molar refractivity (Wildman–Crippen MR) is 170 cm³/mol. The van der Waals surface area contributed by atoms with Crippen molar-refractivity contribution >= 4 is 5.91 Å². The normalized spacial score (nSPS) is 19.3. The number of nitrogens with zero attached hydrogens (tertiary/aromatic N) is 3. The Morgan fingerprint density at radius 2 is 1.72 bits per heavy atom. The number of rotatable bonds is 11. The second-order valence-electron chi connectivity index (χ2n) is 12.6. The van der Waals surface area contributed by atoms with Crippen LogP contribution in [0.25, 0.3) is 11.1 Å². The zero-order valence-corrected chi connectivity index (χ0v) is 25.7. The zero-order chi connectivity index (χ0) is 30.2. The number of aliphatic hydroxyl groups is 1. The van der Waals surface area contributed by atoms with Gasteiger partial charge in [-0.25, -0.2) is 4.39 Å². The molecule has 2 heterocycles. The standard InChI is InChI=1S/C35H46FN5O2/c1-27-24-40(13-12-37-27)26-29-6-3-8-31(20-29)33-22-28(10-11-34(33)36)23-38-35(43)32-9-4-7-30(21-32)25-39-14-17-41(2,18-15-39)16-5-19-42/h3-4,6-11,20-22,27,37,42H,5,12-19,23-26H2,1-2H3/p+1/t27-/m0/s1. The maximum absolute atomic E-state index is 15.0. The number of carbonyl (C=O) groups is 1. The first-order valence-corrected chi connectivity index (χ1v) is 15.7. The van der Waals surface area contributed by atoms with E-state index in [4.69, 9.17) is 0 Å². The number of quaternary nitrogens is 1. The molecule has 0 aromatic heterocycles. The fraction of sp³-hybridized carbons (Fsp3) is 0.457. The summed E-state index contributed by atoms with van der Waals surface area (Å²) in [7, 11) is 2.27. The number of benzene rings is 3. The van der Waals surface area contributed by atoms with Gasteiger partial charge in [0.05, 0.1) is 26.7 Å². The summed E-state index contributed by atoms with van der Waals surface area (Å²) in [5, 5.41) is 15.7. The highest BCUT2D eigenvalue weighted by atomic mass is 19.1. The van der Waals surface area contributed by atoms with E-state index < -0.39 is 0 Å². The SMILES string of the molecule is C[C@H]1CN(Cc2cccc(-c3cc(CNC(=O)c4cccc(CN5CC[N+](C)(CCCO)CC5)c4)ccc3F)c2)CCN1. The third-order valence-electron chi connectivity index (χ3n) is 8.94. The molecule has 7 nitrogen and oxygen atoms in total. The van der Waals surface area contributed by atoms with E-state index in [1.54, 1.807) is 6.07 Å². The molecule has 0 radical (unpaired) electrons. The molecule has 0 saturated carbocycles. The molecule has 3 aromatic carbocycles. The van der Waals surface area contributed by atoms with Crippen LogP contribution < -0.4 is 10.6 Å². The second-order valence-corrected chi connectivity index (χ2v) is 12.6. The summed E-state index contributed by atoms with van der Waals surface area (Å²) in [6.07, 6.45) is 0.844. The zero-order valence-electron chi connectivity index (χ0n) is 25.7. The molecule has 0 aliphatic carbocycles. The van der Waals surface area contributed by atoms with Gasteiger partial charge in [-0.1, -0.05) is 36.4 Å². The van der Waals surface area contributed by atoms with Crippen LogP contribution in [0, 0.1) is 5.82 Å². The fourth-order valence-corrected chi connectivity index (χ4v) is 6.33. The molecule has 2 fully saturated rings. The number of carbonyl (C=O) groups excluding carboxylic acids is 1. The molecule has 2 aliphatic rings. The van der Waals surface area contributed by atoms with Crippen LogP contribution >= 0.6 is 0 Å². The number of nitrogens with one attached hydrogen (secondary N) is 2. The van der Waals surface area contributed by atoms with Crippen LogP contribution in [-0.4, -0.2) is 97.4 Å². The van der Waals surface area contributed by atoms with Crippen molar-refractivity contribution in [2.24, 2.45) is 0 Å². The lowest BCUT2D eigenvalue weighted by molar-refractivity contribution is -0.914. The van der Waals surface area contributed by atoms with E-state index in [0.29, 0.717) is 23.7 Å². The first-order chi connectivity index (χ1) is 20.8. The Kier molecular flexibility index (Phi) is 10.6. The van der Waals surface area contributed by atoms with Crippen molar-refractivity contribution in [1.29, 1.82) is 0 Å². The molecule has 43 heavy (non-hydrogen) atoms. The molecule has 0 bridgehead atoms. The van der Waals surface area contributed by atoms with Crippen molar-refractivity contribution in [2.45, 2.75) is 39.0 Å². The highest BCUT2D eigenvalue weighted by molar-refractivity contribution is 5.94. The average Bonchev–Trinajstić information content (AvgIpc) is 3.01. The van der Waals surface area contributed by atoms with Gasteiger partial charge in [-0.2, -0.15) is 0 Å². The Morgan fingerprint density at radius 3 is 2.49 bits per heavy atom. The van der Waals surface area contributed by atoms with Gasteiger partial charge in [-0.05, 0) is 59.5 Å². The van der Waals surface area contributed by atoms with Crippen molar-refractivity contribution in [3.05, 3.63) is 94.8 Å². The van der Waals surface area contributed by atoms with Crippen molar-refractivity contribution in [1.82, 2.24) is 20.4 Å². The molecule has 230 valence electrons. The molecule has 5 rings (SSSR count). The van der Waals surface area contributed by atoms with Crippen LogP contribution in [0.15, 0.2) is 66.7 Å². The van der Waals surface area contributed by atoms with Crippen LogP contribution in [-0.2, 0) is 19.6 Å². The summed E-state index contributed by atoms with van der Waals surface area (Å²) in [5.74, 6) is -0.396. The summed E-state index contributed by atoms with van der Waals surface area (Å²) in [6, 6.07) is 21.5. The van der Waals surface area contributed by atoms with Crippen molar-refractivity contribution < 1.29 is 18.8 Å². The Bertz CT molecular complexity index is 1370. The summed E-state index contributed by atoms with van der Waals surface area (Å²) in [4.78, 5) is 18.0. The summed E-state index contributed by atoms with van der Waals surface area (Å²) in [6.45, 7) is 12.6. The Labute approximate surface area is 255 Å². The third kappa shape index (κ3) is 8.71. The number of amides is 1. The second kappa shape index (κ2) is 14.6. The van der Waals surface area contributed by atoms with Crippen LogP contribution in [0.5, 0.6) is 0 Å². The average molecular weight is 589 g/mol. The van der Waals surface area contributed by atoms with Crippen LogP contribution in [0.2, 0.25) is 0 Å². The van der Waals surface area contributed by atoms with E-state index >= 15 is 0 Å². The Hall–Kier alpha value is -3.14. The van der Waals surface area contributed by atoms with Gasteiger partial charge in [0, 0.05) is 82.6 Å². The maximum atomic E-state index is 15.0. The van der Waals surface area contributed by atoms with Crippen molar-refractivity contribution in [3.8, 4) is 11.1 Å². The lowest BCUT2D eigenvalue weighted by Crippen LogP contribution is -2.57. The number of aliphatic hydroxyl groups excluding tert-OH is 1. The van der Waals surface area contributed by atoms with Gasteiger partial charge in [-0.3, -0.25) is 14.6 Å². The van der Waals surface area contributed by atoms with Gasteiger partial charge in [0.1, 0.15) is 5.82 Å². The molecule has 0 unspecified atom stereocenters. The van der Waals surface area contributed by atoms with Gasteiger partial charge in [-0.15, -0.1) is 0 Å². The van der Waals surface area contributed by atoms with Gasteiger partial charge >= 0.3 is 0 Å². The van der Waals surface area contributed by atoms with Crippen LogP contribution in [0.4, 0.5) is 4.39 Å². The lowest BCUT2D eigenvalue weighted by atomic mass is 10.00.